The van der Waals surface area contributed by atoms with Crippen molar-refractivity contribution in [1.29, 1.82) is 0 Å². The number of rotatable bonds is 6. The van der Waals surface area contributed by atoms with Crippen molar-refractivity contribution in [3.8, 4) is 0 Å². The molecule has 0 bridgehead atoms. The van der Waals surface area contributed by atoms with E-state index >= 15 is 0 Å². The van der Waals surface area contributed by atoms with E-state index in [1.54, 1.807) is 0 Å². The summed E-state index contributed by atoms with van der Waals surface area (Å²) in [4.78, 5) is 18.5. The second-order valence-electron chi connectivity index (χ2n) is 6.22. The van der Waals surface area contributed by atoms with Gasteiger partial charge in [0, 0.05) is 18.8 Å². The van der Waals surface area contributed by atoms with Gasteiger partial charge < -0.3 is 5.11 Å². The van der Waals surface area contributed by atoms with E-state index in [2.05, 4.69) is 16.8 Å². The third-order valence-corrected chi connectivity index (χ3v) is 4.57. The molecule has 21 heavy (non-hydrogen) atoms. The standard InChI is InChI=1S/C17H26N2O2/c1-3-19(12-15-9-7-8-14(2)18-15)13-17(16(20)21)10-5-4-6-11-17/h7-9H,3-6,10-13H2,1-2H3,(H,20,21). The Balaban J connectivity index is 2.08. The van der Waals surface area contributed by atoms with Gasteiger partial charge in [-0.1, -0.05) is 32.3 Å². The zero-order valence-corrected chi connectivity index (χ0v) is 13.1. The van der Waals surface area contributed by atoms with Crippen molar-refractivity contribution in [2.75, 3.05) is 13.1 Å². The van der Waals surface area contributed by atoms with Gasteiger partial charge in [-0.05, 0) is 38.4 Å². The quantitative estimate of drug-likeness (QED) is 0.874. The third-order valence-electron chi connectivity index (χ3n) is 4.57. The minimum atomic E-state index is -0.627. The number of aryl methyl sites for hydroxylation is 1. The molecule has 0 amide bonds. The Morgan fingerprint density at radius 3 is 2.62 bits per heavy atom. The van der Waals surface area contributed by atoms with E-state index in [-0.39, 0.29) is 0 Å². The van der Waals surface area contributed by atoms with Crippen LogP contribution < -0.4 is 0 Å². The predicted octanol–water partition coefficient (Wildman–Crippen LogP) is 3.25. The van der Waals surface area contributed by atoms with Crippen molar-refractivity contribution < 1.29 is 9.90 Å². The van der Waals surface area contributed by atoms with Crippen molar-refractivity contribution in [2.24, 2.45) is 5.41 Å². The van der Waals surface area contributed by atoms with E-state index < -0.39 is 11.4 Å². The molecule has 0 unspecified atom stereocenters. The topological polar surface area (TPSA) is 53.4 Å². The highest BCUT2D eigenvalue weighted by Crippen LogP contribution is 2.37. The van der Waals surface area contributed by atoms with Crippen LogP contribution in [0.1, 0.15) is 50.4 Å². The number of nitrogens with zero attached hydrogens (tertiary/aromatic N) is 2. The van der Waals surface area contributed by atoms with E-state index in [1.165, 1.54) is 6.42 Å². The first kappa shape index (κ1) is 16.0. The maximum Gasteiger partial charge on any atom is 0.310 e. The van der Waals surface area contributed by atoms with Crippen LogP contribution >= 0.6 is 0 Å². The Labute approximate surface area is 127 Å². The number of hydrogen-bond donors (Lipinski definition) is 1. The second kappa shape index (κ2) is 7.03. The van der Waals surface area contributed by atoms with E-state index in [0.717, 1.165) is 50.2 Å². The van der Waals surface area contributed by atoms with Gasteiger partial charge in [-0.25, -0.2) is 0 Å². The lowest BCUT2D eigenvalue weighted by atomic mass is 9.73. The number of aliphatic carboxylic acids is 1. The average Bonchev–Trinajstić information content (AvgIpc) is 2.47. The molecule has 1 aromatic rings. The third kappa shape index (κ3) is 4.03. The molecular formula is C17H26N2O2. The van der Waals surface area contributed by atoms with Gasteiger partial charge >= 0.3 is 5.97 Å². The van der Waals surface area contributed by atoms with Crippen LogP contribution in [0.5, 0.6) is 0 Å². The fraction of sp³-hybridized carbons (Fsp3) is 0.647. The smallest absolute Gasteiger partial charge is 0.310 e. The molecule has 0 atom stereocenters. The lowest BCUT2D eigenvalue weighted by Gasteiger charge is -2.37. The fourth-order valence-electron chi connectivity index (χ4n) is 3.29. The molecule has 2 rings (SSSR count). The molecule has 1 aliphatic carbocycles. The van der Waals surface area contributed by atoms with Crippen LogP contribution in [0.15, 0.2) is 18.2 Å². The predicted molar refractivity (Wildman–Crippen MR) is 83.1 cm³/mol. The van der Waals surface area contributed by atoms with Crippen LogP contribution in [0, 0.1) is 12.3 Å². The molecule has 1 aromatic heterocycles. The Kier molecular flexibility index (Phi) is 5.34. The van der Waals surface area contributed by atoms with E-state index in [4.69, 9.17) is 0 Å². The van der Waals surface area contributed by atoms with Crippen LogP contribution in [-0.4, -0.2) is 34.0 Å². The van der Waals surface area contributed by atoms with Crippen LogP contribution in [0.2, 0.25) is 0 Å². The molecule has 1 fully saturated rings. The minimum absolute atomic E-state index is 0.557. The highest BCUT2D eigenvalue weighted by Gasteiger charge is 2.40. The molecule has 1 aliphatic rings. The molecular weight excluding hydrogens is 264 g/mol. The molecule has 0 saturated heterocycles. The molecule has 116 valence electrons. The Morgan fingerprint density at radius 2 is 2.05 bits per heavy atom. The minimum Gasteiger partial charge on any atom is -0.481 e. The average molecular weight is 290 g/mol. The number of aromatic nitrogens is 1. The van der Waals surface area contributed by atoms with Crippen LogP contribution in [-0.2, 0) is 11.3 Å². The zero-order chi connectivity index (χ0) is 15.3. The number of hydrogen-bond acceptors (Lipinski definition) is 3. The highest BCUT2D eigenvalue weighted by molar-refractivity contribution is 5.75. The summed E-state index contributed by atoms with van der Waals surface area (Å²) in [5.74, 6) is -0.627. The summed E-state index contributed by atoms with van der Waals surface area (Å²) in [6, 6.07) is 6.02. The molecule has 4 heteroatoms. The van der Waals surface area contributed by atoms with Crippen molar-refractivity contribution in [3.63, 3.8) is 0 Å². The first-order chi connectivity index (χ1) is 10.1. The van der Waals surface area contributed by atoms with Crippen molar-refractivity contribution in [1.82, 2.24) is 9.88 Å². The van der Waals surface area contributed by atoms with E-state index in [1.807, 2.05) is 25.1 Å². The second-order valence-corrected chi connectivity index (χ2v) is 6.22. The lowest BCUT2D eigenvalue weighted by molar-refractivity contribution is -0.152. The molecule has 4 nitrogen and oxygen atoms in total. The molecule has 1 heterocycles. The van der Waals surface area contributed by atoms with Crippen LogP contribution in [0.3, 0.4) is 0 Å². The number of carboxylic acid groups (broad SMARTS) is 1. The normalized spacial score (nSPS) is 17.9. The van der Waals surface area contributed by atoms with Gasteiger partial charge in [0.2, 0.25) is 0 Å². The summed E-state index contributed by atoms with van der Waals surface area (Å²) in [6.45, 7) is 6.29. The number of carbonyl (C=O) groups is 1. The monoisotopic (exact) mass is 290 g/mol. The Hall–Kier alpha value is -1.42. The van der Waals surface area contributed by atoms with Crippen molar-refractivity contribution in [2.45, 2.75) is 52.5 Å². The first-order valence-electron chi connectivity index (χ1n) is 7.94. The Bertz CT molecular complexity index is 481. The summed E-state index contributed by atoms with van der Waals surface area (Å²) < 4.78 is 0. The summed E-state index contributed by atoms with van der Waals surface area (Å²) in [5.41, 5.74) is 1.47. The summed E-state index contributed by atoms with van der Waals surface area (Å²) in [7, 11) is 0. The van der Waals surface area contributed by atoms with Crippen LogP contribution in [0.4, 0.5) is 0 Å². The summed E-state index contributed by atoms with van der Waals surface area (Å²) in [6.07, 6.45) is 4.85. The van der Waals surface area contributed by atoms with Gasteiger partial charge in [0.1, 0.15) is 0 Å². The van der Waals surface area contributed by atoms with Gasteiger partial charge in [-0.3, -0.25) is 14.7 Å². The first-order valence-corrected chi connectivity index (χ1v) is 7.94. The Morgan fingerprint density at radius 1 is 1.33 bits per heavy atom. The van der Waals surface area contributed by atoms with Crippen molar-refractivity contribution >= 4 is 5.97 Å². The molecule has 0 aromatic carbocycles. The van der Waals surface area contributed by atoms with Crippen LogP contribution in [0.25, 0.3) is 0 Å². The molecule has 1 N–H and O–H groups in total. The fourth-order valence-corrected chi connectivity index (χ4v) is 3.29. The summed E-state index contributed by atoms with van der Waals surface area (Å²) in [5, 5.41) is 9.70. The van der Waals surface area contributed by atoms with Crippen molar-refractivity contribution in [3.05, 3.63) is 29.6 Å². The highest BCUT2D eigenvalue weighted by atomic mass is 16.4. The molecule has 0 aliphatic heterocycles. The molecule has 0 spiro atoms. The SMILES string of the molecule is CCN(Cc1cccc(C)n1)CC1(C(=O)O)CCCCC1. The maximum absolute atomic E-state index is 11.8. The number of carboxylic acids is 1. The molecule has 1 saturated carbocycles. The van der Waals surface area contributed by atoms with E-state index in [9.17, 15) is 9.90 Å². The van der Waals surface area contributed by atoms with E-state index in [0.29, 0.717) is 6.54 Å². The van der Waals surface area contributed by atoms with Gasteiger partial charge in [0.25, 0.3) is 0 Å². The van der Waals surface area contributed by atoms with Gasteiger partial charge in [0.05, 0.1) is 11.1 Å². The summed E-state index contributed by atoms with van der Waals surface area (Å²) >= 11 is 0. The van der Waals surface area contributed by atoms with Gasteiger partial charge in [-0.2, -0.15) is 0 Å². The zero-order valence-electron chi connectivity index (χ0n) is 13.1. The molecule has 0 radical (unpaired) electrons. The van der Waals surface area contributed by atoms with Gasteiger partial charge in [0.15, 0.2) is 0 Å². The lowest BCUT2D eigenvalue weighted by Crippen LogP contribution is -2.44. The maximum atomic E-state index is 11.8. The number of pyridine rings is 1. The largest absolute Gasteiger partial charge is 0.481 e. The van der Waals surface area contributed by atoms with Gasteiger partial charge in [-0.15, -0.1) is 0 Å².